The molecule has 1 aromatic rings. The highest BCUT2D eigenvalue weighted by Crippen LogP contribution is 2.23. The number of nitrogens with two attached hydrogens (primary N) is 1. The molecular weight excluding hydrogens is 244 g/mol. The SMILES string of the molecule is COc1ccc(N)cc1CNC(=O)C1CCOC1C. The van der Waals surface area contributed by atoms with Crippen LogP contribution in [0.25, 0.3) is 0 Å². The fourth-order valence-electron chi connectivity index (χ4n) is 2.33. The van der Waals surface area contributed by atoms with E-state index in [9.17, 15) is 4.79 Å². The fourth-order valence-corrected chi connectivity index (χ4v) is 2.33. The van der Waals surface area contributed by atoms with Crippen molar-refractivity contribution >= 4 is 11.6 Å². The van der Waals surface area contributed by atoms with Crippen LogP contribution in [0.2, 0.25) is 0 Å². The summed E-state index contributed by atoms with van der Waals surface area (Å²) in [4.78, 5) is 12.1. The van der Waals surface area contributed by atoms with Gasteiger partial charge >= 0.3 is 0 Å². The van der Waals surface area contributed by atoms with Gasteiger partial charge in [-0.3, -0.25) is 4.79 Å². The Bertz CT molecular complexity index is 462. The van der Waals surface area contributed by atoms with Gasteiger partial charge in [0.25, 0.3) is 0 Å². The van der Waals surface area contributed by atoms with E-state index in [1.807, 2.05) is 13.0 Å². The Labute approximate surface area is 113 Å². The molecule has 104 valence electrons. The zero-order chi connectivity index (χ0) is 13.8. The molecule has 1 fully saturated rings. The number of carbonyl (C=O) groups is 1. The monoisotopic (exact) mass is 264 g/mol. The number of benzene rings is 1. The first-order valence-electron chi connectivity index (χ1n) is 6.43. The maximum atomic E-state index is 12.1. The molecule has 19 heavy (non-hydrogen) atoms. The normalized spacial score (nSPS) is 22.2. The third-order valence-corrected chi connectivity index (χ3v) is 3.47. The lowest BCUT2D eigenvalue weighted by Gasteiger charge is -2.15. The highest BCUT2D eigenvalue weighted by Gasteiger charge is 2.30. The number of methoxy groups -OCH3 is 1. The Hall–Kier alpha value is -1.75. The van der Waals surface area contributed by atoms with E-state index in [2.05, 4.69) is 5.32 Å². The molecule has 0 spiro atoms. The molecule has 0 bridgehead atoms. The van der Waals surface area contributed by atoms with E-state index < -0.39 is 0 Å². The molecule has 3 N–H and O–H groups in total. The molecule has 0 radical (unpaired) electrons. The molecule has 1 aliphatic heterocycles. The minimum absolute atomic E-state index is 0.0114. The molecule has 1 aromatic carbocycles. The Morgan fingerprint density at radius 1 is 1.58 bits per heavy atom. The van der Waals surface area contributed by atoms with Crippen LogP contribution >= 0.6 is 0 Å². The number of carbonyl (C=O) groups excluding carboxylic acids is 1. The number of ether oxygens (including phenoxy) is 2. The van der Waals surface area contributed by atoms with Crippen LogP contribution in [0.1, 0.15) is 18.9 Å². The van der Waals surface area contributed by atoms with Crippen molar-refractivity contribution < 1.29 is 14.3 Å². The van der Waals surface area contributed by atoms with Gasteiger partial charge in [-0.1, -0.05) is 0 Å². The molecule has 2 unspecified atom stereocenters. The summed E-state index contributed by atoms with van der Waals surface area (Å²) in [7, 11) is 1.60. The summed E-state index contributed by atoms with van der Waals surface area (Å²) in [5.74, 6) is 0.687. The lowest BCUT2D eigenvalue weighted by atomic mass is 10.0. The summed E-state index contributed by atoms with van der Waals surface area (Å²) in [5.41, 5.74) is 7.28. The first-order chi connectivity index (χ1) is 9.11. The highest BCUT2D eigenvalue weighted by atomic mass is 16.5. The van der Waals surface area contributed by atoms with Crippen LogP contribution in [-0.2, 0) is 16.1 Å². The largest absolute Gasteiger partial charge is 0.496 e. The van der Waals surface area contributed by atoms with Crippen molar-refractivity contribution in [1.29, 1.82) is 0 Å². The summed E-state index contributed by atoms with van der Waals surface area (Å²) < 4.78 is 10.6. The standard InChI is InChI=1S/C14H20N2O3/c1-9-12(5-6-19-9)14(17)16-8-10-7-11(15)3-4-13(10)18-2/h3-4,7,9,12H,5-6,8,15H2,1-2H3,(H,16,17). The number of nitrogens with one attached hydrogen (secondary N) is 1. The van der Waals surface area contributed by atoms with Crippen LogP contribution in [0.4, 0.5) is 5.69 Å². The minimum Gasteiger partial charge on any atom is -0.496 e. The number of hydrogen-bond acceptors (Lipinski definition) is 4. The molecule has 1 amide bonds. The third kappa shape index (κ3) is 3.17. The van der Waals surface area contributed by atoms with Crippen molar-refractivity contribution in [2.45, 2.75) is 26.0 Å². The Kier molecular flexibility index (Phi) is 4.27. The van der Waals surface area contributed by atoms with E-state index in [1.165, 1.54) is 0 Å². The minimum atomic E-state index is -0.0629. The van der Waals surface area contributed by atoms with Gasteiger partial charge in [0.05, 0.1) is 19.1 Å². The predicted octanol–water partition coefficient (Wildman–Crippen LogP) is 1.32. The van der Waals surface area contributed by atoms with E-state index >= 15 is 0 Å². The summed E-state index contributed by atoms with van der Waals surface area (Å²) in [5, 5.41) is 2.92. The molecule has 5 nitrogen and oxygen atoms in total. The van der Waals surface area contributed by atoms with Crippen molar-refractivity contribution in [3.8, 4) is 5.75 Å². The third-order valence-electron chi connectivity index (χ3n) is 3.47. The van der Waals surface area contributed by atoms with Gasteiger partial charge in [0.2, 0.25) is 5.91 Å². The Balaban J connectivity index is 1.98. The van der Waals surface area contributed by atoms with Crippen molar-refractivity contribution in [3.63, 3.8) is 0 Å². The second-order valence-corrected chi connectivity index (χ2v) is 4.76. The molecule has 1 aliphatic rings. The van der Waals surface area contributed by atoms with E-state index in [1.54, 1.807) is 19.2 Å². The molecule has 0 saturated carbocycles. The first-order valence-corrected chi connectivity index (χ1v) is 6.43. The molecule has 5 heteroatoms. The number of hydrogen-bond donors (Lipinski definition) is 2. The summed E-state index contributed by atoms with van der Waals surface area (Å²) in [6.45, 7) is 3.00. The molecule has 1 heterocycles. The lowest BCUT2D eigenvalue weighted by Crippen LogP contribution is -2.33. The smallest absolute Gasteiger partial charge is 0.226 e. The van der Waals surface area contributed by atoms with Crippen LogP contribution in [0.5, 0.6) is 5.75 Å². The second-order valence-electron chi connectivity index (χ2n) is 4.76. The maximum absolute atomic E-state index is 12.1. The number of anilines is 1. The predicted molar refractivity (Wildman–Crippen MR) is 72.8 cm³/mol. The van der Waals surface area contributed by atoms with Gasteiger partial charge in [-0.15, -0.1) is 0 Å². The fraction of sp³-hybridized carbons (Fsp3) is 0.500. The average Bonchev–Trinajstić information content (AvgIpc) is 2.82. The van der Waals surface area contributed by atoms with Crippen molar-refractivity contribution in [2.75, 3.05) is 19.5 Å². The number of nitrogen functional groups attached to an aromatic ring is 1. The summed E-state index contributed by atoms with van der Waals surface area (Å²) >= 11 is 0. The van der Waals surface area contributed by atoms with Crippen molar-refractivity contribution in [2.24, 2.45) is 5.92 Å². The van der Waals surface area contributed by atoms with Crippen molar-refractivity contribution in [3.05, 3.63) is 23.8 Å². The van der Waals surface area contributed by atoms with E-state index in [0.717, 1.165) is 17.7 Å². The van der Waals surface area contributed by atoms with Gasteiger partial charge < -0.3 is 20.5 Å². The first kappa shape index (κ1) is 13.7. The summed E-state index contributed by atoms with van der Waals surface area (Å²) in [6, 6.07) is 5.39. The molecule has 2 rings (SSSR count). The molecule has 0 aliphatic carbocycles. The van der Waals surface area contributed by atoms with Crippen molar-refractivity contribution in [1.82, 2.24) is 5.32 Å². The van der Waals surface area contributed by atoms with Gasteiger partial charge in [0.1, 0.15) is 5.75 Å². The van der Waals surface area contributed by atoms with E-state index in [4.69, 9.17) is 15.2 Å². The quantitative estimate of drug-likeness (QED) is 0.804. The molecule has 0 aromatic heterocycles. The number of rotatable bonds is 4. The molecular formula is C14H20N2O3. The Morgan fingerprint density at radius 3 is 3.00 bits per heavy atom. The molecule has 2 atom stereocenters. The zero-order valence-corrected chi connectivity index (χ0v) is 11.3. The van der Waals surface area contributed by atoms with Crippen LogP contribution in [-0.4, -0.2) is 25.7 Å². The Morgan fingerprint density at radius 2 is 2.37 bits per heavy atom. The summed E-state index contributed by atoms with van der Waals surface area (Å²) in [6.07, 6.45) is 0.767. The second kappa shape index (κ2) is 5.93. The number of amides is 1. The van der Waals surface area contributed by atoms with Gasteiger partial charge in [-0.25, -0.2) is 0 Å². The van der Waals surface area contributed by atoms with Gasteiger partial charge in [0.15, 0.2) is 0 Å². The van der Waals surface area contributed by atoms with Crippen LogP contribution in [0.3, 0.4) is 0 Å². The maximum Gasteiger partial charge on any atom is 0.226 e. The van der Waals surface area contributed by atoms with Crippen LogP contribution in [0, 0.1) is 5.92 Å². The molecule has 1 saturated heterocycles. The lowest BCUT2D eigenvalue weighted by molar-refractivity contribution is -0.126. The van der Waals surface area contributed by atoms with E-state index in [0.29, 0.717) is 18.8 Å². The van der Waals surface area contributed by atoms with Gasteiger partial charge in [0, 0.05) is 24.4 Å². The zero-order valence-electron chi connectivity index (χ0n) is 11.3. The highest BCUT2D eigenvalue weighted by molar-refractivity contribution is 5.79. The topological polar surface area (TPSA) is 73.6 Å². The van der Waals surface area contributed by atoms with Crippen LogP contribution in [0.15, 0.2) is 18.2 Å². The van der Waals surface area contributed by atoms with Gasteiger partial charge in [-0.2, -0.15) is 0 Å². The average molecular weight is 264 g/mol. The van der Waals surface area contributed by atoms with Crippen LogP contribution < -0.4 is 15.8 Å². The van der Waals surface area contributed by atoms with Gasteiger partial charge in [-0.05, 0) is 31.5 Å². The van der Waals surface area contributed by atoms with E-state index in [-0.39, 0.29) is 17.9 Å².